The van der Waals surface area contributed by atoms with Crippen molar-refractivity contribution in [3.8, 4) is 0 Å². The van der Waals surface area contributed by atoms with Crippen molar-refractivity contribution >= 4 is 58.9 Å². The van der Waals surface area contributed by atoms with Crippen molar-refractivity contribution in [1.29, 1.82) is 0 Å². The number of hydrogen-bond acceptors (Lipinski definition) is 12. The second-order valence-electron chi connectivity index (χ2n) is 24.9. The Labute approximate surface area is 457 Å². The highest BCUT2D eigenvalue weighted by Crippen LogP contribution is 2.59. The van der Waals surface area contributed by atoms with E-state index in [9.17, 15) is 47.0 Å². The first kappa shape index (κ1) is 55.0. The Kier molecular flexibility index (Phi) is 16.7. The number of carboxylic acids is 2. The summed E-state index contributed by atoms with van der Waals surface area (Å²) < 4.78 is 63.1. The number of nitrogens with zero attached hydrogens (tertiary/aromatic N) is 4. The van der Waals surface area contributed by atoms with Gasteiger partial charge in [-0.1, -0.05) is 25.7 Å². The zero-order valence-corrected chi connectivity index (χ0v) is 45.6. The van der Waals surface area contributed by atoms with Gasteiger partial charge in [-0.05, 0) is 181 Å². The van der Waals surface area contributed by atoms with E-state index in [-0.39, 0.29) is 72.2 Å². The summed E-state index contributed by atoms with van der Waals surface area (Å²) in [6.07, 6.45) is 19.8. The fourth-order valence-electron chi connectivity index (χ4n) is 16.7. The summed E-state index contributed by atoms with van der Waals surface area (Å²) in [5.74, 6) is 1.48. The van der Waals surface area contributed by atoms with E-state index in [4.69, 9.17) is 19.4 Å². The maximum Gasteiger partial charge on any atom is 0.345 e. The molecular formula is C57H76F4N6O8S2. The smallest absolute Gasteiger partial charge is 0.345 e. The third kappa shape index (κ3) is 12.7. The van der Waals surface area contributed by atoms with Gasteiger partial charge in [0.05, 0.1) is 22.3 Å². The summed E-state index contributed by atoms with van der Waals surface area (Å²) in [4.78, 5) is 64.2. The number of anilines is 2. The van der Waals surface area contributed by atoms with Crippen LogP contribution in [0.15, 0.2) is 34.3 Å². The Bertz CT molecular complexity index is 2450. The number of amides is 2. The number of carbonyl (C=O) groups is 4. The van der Waals surface area contributed by atoms with Crippen molar-refractivity contribution in [2.24, 2.45) is 47.3 Å². The van der Waals surface area contributed by atoms with E-state index in [0.29, 0.717) is 85.1 Å². The molecule has 8 bridgehead atoms. The molecule has 6 atom stereocenters. The van der Waals surface area contributed by atoms with E-state index >= 15 is 0 Å². The summed E-state index contributed by atoms with van der Waals surface area (Å²) in [5.41, 5.74) is -0.292. The van der Waals surface area contributed by atoms with E-state index in [1.54, 1.807) is 23.5 Å². The van der Waals surface area contributed by atoms with E-state index < -0.39 is 36.4 Å². The van der Waals surface area contributed by atoms with Crippen LogP contribution < -0.4 is 20.4 Å². The molecule has 422 valence electrons. The maximum atomic E-state index is 13.8. The van der Waals surface area contributed by atoms with E-state index in [2.05, 4.69) is 20.4 Å². The van der Waals surface area contributed by atoms with Gasteiger partial charge >= 0.3 is 25.2 Å². The summed E-state index contributed by atoms with van der Waals surface area (Å²) in [7, 11) is 0. The van der Waals surface area contributed by atoms with Gasteiger partial charge in [-0.25, -0.2) is 9.97 Å². The molecular weight excluding hydrogens is 1040 g/mol. The first-order valence-corrected chi connectivity index (χ1v) is 30.6. The lowest BCUT2D eigenvalue weighted by Gasteiger charge is -2.59. The Morgan fingerprint density at radius 3 is 1.38 bits per heavy atom. The molecule has 10 saturated carbocycles. The van der Waals surface area contributed by atoms with E-state index in [0.717, 1.165) is 105 Å². The van der Waals surface area contributed by atoms with Gasteiger partial charge in [0.15, 0.2) is 0 Å². The lowest BCUT2D eigenvalue weighted by Crippen LogP contribution is -2.62. The number of rotatable bonds is 18. The first-order valence-electron chi connectivity index (χ1n) is 28.9. The monoisotopic (exact) mass is 1110 g/mol. The van der Waals surface area contributed by atoms with E-state index in [1.165, 1.54) is 25.7 Å². The van der Waals surface area contributed by atoms with Crippen LogP contribution in [0.1, 0.15) is 168 Å². The van der Waals surface area contributed by atoms with Crippen molar-refractivity contribution in [3.63, 3.8) is 0 Å². The molecule has 4 N–H and O–H groups in total. The maximum absolute atomic E-state index is 13.8. The molecule has 20 heteroatoms. The number of halogens is 4. The molecule has 0 radical (unpaired) electrons. The average molecular weight is 1110 g/mol. The lowest BCUT2D eigenvalue weighted by molar-refractivity contribution is -0.260. The van der Waals surface area contributed by atoms with Crippen molar-refractivity contribution in [3.05, 3.63) is 35.4 Å². The number of carboxylic acid groups (broad SMARTS) is 2. The van der Waals surface area contributed by atoms with Gasteiger partial charge in [-0.15, -0.1) is 23.5 Å². The molecule has 2 saturated heterocycles. The number of nitrogens with one attached hydrogen (secondary N) is 2. The minimum absolute atomic E-state index is 0.0205. The molecule has 14 nitrogen and oxygen atoms in total. The number of pyridine rings is 2. The van der Waals surface area contributed by atoms with Crippen molar-refractivity contribution in [2.45, 2.75) is 205 Å². The van der Waals surface area contributed by atoms with Crippen LogP contribution in [0.4, 0.5) is 29.2 Å². The molecule has 10 aliphatic carbocycles. The SMILES string of the molecule is O=C(O)C[C@@H]1CCCN(c2ccc(C(=O)N[C@H]3C4CC5CC3C[C@@](OC(F)F)(C5)C4)c(SC3CCCC3)n2)C1.O=C(O)C[C@@H]1CCN(c2ccc(C(=O)N[C@H]3C4CC5CC3C[C@@](OC(F)F)(C5)C4)c(SC3CCCC3)n2)C1. The van der Waals surface area contributed by atoms with Gasteiger partial charge in [0, 0.05) is 61.6 Å². The summed E-state index contributed by atoms with van der Waals surface area (Å²) >= 11 is 3.39. The highest BCUT2D eigenvalue weighted by Gasteiger charge is 2.59. The van der Waals surface area contributed by atoms with Gasteiger partial charge in [-0.2, -0.15) is 17.6 Å². The van der Waals surface area contributed by atoms with Crippen LogP contribution in [0.3, 0.4) is 0 Å². The largest absolute Gasteiger partial charge is 0.481 e. The highest BCUT2D eigenvalue weighted by atomic mass is 32.2. The van der Waals surface area contributed by atoms with Gasteiger partial charge in [0.2, 0.25) is 0 Å². The standard InChI is InChI=1S/C29H39F2N3O4S.C28H37F2N3O4S/c30-28(31)38-29-13-18-10-19(14-29)25(20(11-18)15-29)33-26(37)22-7-8-23(32-27(22)39-21-5-1-2-6-21)34-9-3-4-17(16-34)12-24(35)36;29-27(30)37-28-12-17-9-18(13-28)24(19(10-17)14-28)32-25(36)21-5-6-22(31-26(21)38-20-3-1-2-4-20)33-8-7-16(15-33)11-23(34)35/h7-8,17-21,25,28H,1-6,9-16H2,(H,33,37)(H,35,36);5-6,16-20,24,27H,1-4,7-15H2,(H,32,36)(H,34,35)/t17-,18?,19?,20?,25-,29+;16-,17?,18?,19?,24-,28+/m00/s1. The number of piperidine rings is 1. The lowest BCUT2D eigenvalue weighted by atomic mass is 9.52. The van der Waals surface area contributed by atoms with Crippen LogP contribution in [-0.2, 0) is 19.1 Å². The predicted octanol–water partition coefficient (Wildman–Crippen LogP) is 11.1. The Hall–Kier alpha value is -3.88. The van der Waals surface area contributed by atoms with Gasteiger partial charge in [-0.3, -0.25) is 19.2 Å². The Morgan fingerprint density at radius 1 is 0.571 bits per heavy atom. The summed E-state index contributed by atoms with van der Waals surface area (Å²) in [5, 5.41) is 27.5. The molecule has 2 amide bonds. The second kappa shape index (κ2) is 23.3. The fraction of sp³-hybridized carbons (Fsp3) is 0.754. The quantitative estimate of drug-likeness (QED) is 0.103. The first-order chi connectivity index (χ1) is 37.0. The Morgan fingerprint density at radius 2 is 0.974 bits per heavy atom. The van der Waals surface area contributed by atoms with Crippen LogP contribution in [0.2, 0.25) is 0 Å². The number of ether oxygens (including phenoxy) is 2. The van der Waals surface area contributed by atoms with Gasteiger partial charge < -0.3 is 40.1 Å². The highest BCUT2D eigenvalue weighted by molar-refractivity contribution is 8.00. The minimum Gasteiger partial charge on any atom is -0.481 e. The number of carbonyl (C=O) groups excluding carboxylic acids is 2. The van der Waals surface area contributed by atoms with Crippen molar-refractivity contribution in [1.82, 2.24) is 20.6 Å². The van der Waals surface area contributed by atoms with Crippen LogP contribution in [-0.4, -0.2) is 117 Å². The van der Waals surface area contributed by atoms with Crippen LogP contribution in [0.5, 0.6) is 0 Å². The van der Waals surface area contributed by atoms with Gasteiger partial charge in [0.25, 0.3) is 11.8 Å². The van der Waals surface area contributed by atoms with Crippen LogP contribution >= 0.6 is 23.5 Å². The molecule has 2 aromatic rings. The van der Waals surface area contributed by atoms with Gasteiger partial charge in [0.1, 0.15) is 21.7 Å². The van der Waals surface area contributed by atoms with Crippen LogP contribution in [0, 0.1) is 47.3 Å². The molecule has 77 heavy (non-hydrogen) atoms. The molecule has 4 heterocycles. The molecule has 4 unspecified atom stereocenters. The fourth-order valence-corrected chi connectivity index (χ4v) is 19.3. The molecule has 2 aromatic heterocycles. The molecule has 0 spiro atoms. The number of hydrogen-bond donors (Lipinski definition) is 4. The number of alkyl halides is 4. The zero-order chi connectivity index (χ0) is 53.6. The molecule has 2 aliphatic heterocycles. The molecule has 0 aromatic carbocycles. The second-order valence-corrected chi connectivity index (χ2v) is 27.5. The summed E-state index contributed by atoms with van der Waals surface area (Å²) in [6.45, 7) is -2.60. The Balaban J connectivity index is 0.000000164. The molecule has 12 aliphatic rings. The molecule has 12 fully saturated rings. The van der Waals surface area contributed by atoms with Crippen molar-refractivity contribution < 1.29 is 56.4 Å². The predicted molar refractivity (Wildman–Crippen MR) is 284 cm³/mol. The number of thioether (sulfide) groups is 2. The zero-order valence-electron chi connectivity index (χ0n) is 43.9. The number of aromatic nitrogens is 2. The third-order valence-electron chi connectivity index (χ3n) is 19.4. The topological polar surface area (TPSA) is 184 Å². The summed E-state index contributed by atoms with van der Waals surface area (Å²) in [6, 6.07) is 7.50. The third-order valence-corrected chi connectivity index (χ3v) is 22.1. The molecule has 14 rings (SSSR count). The minimum atomic E-state index is -2.76. The van der Waals surface area contributed by atoms with E-state index in [1.807, 2.05) is 24.3 Å². The average Bonchev–Trinajstić information content (AvgIpc) is 4.23. The van der Waals surface area contributed by atoms with Crippen molar-refractivity contribution in [2.75, 3.05) is 36.0 Å². The normalized spacial score (nSPS) is 34.3. The number of aliphatic carboxylic acids is 2. The van der Waals surface area contributed by atoms with Crippen LogP contribution in [0.25, 0.3) is 0 Å².